The molecule has 144 valence electrons. The van der Waals surface area contributed by atoms with E-state index in [-0.39, 0.29) is 0 Å². The number of piperidine rings is 1. The Bertz CT molecular complexity index is 1010. The summed E-state index contributed by atoms with van der Waals surface area (Å²) in [5.41, 5.74) is 13.8. The Hall–Kier alpha value is -3.32. The average Bonchev–Trinajstić information content (AvgIpc) is 3.37. The molecule has 1 amide bonds. The van der Waals surface area contributed by atoms with Crippen LogP contribution in [-0.4, -0.2) is 28.8 Å². The third-order valence-corrected chi connectivity index (χ3v) is 5.00. The number of hydrogen-bond donors (Lipinski definition) is 3. The van der Waals surface area contributed by atoms with Gasteiger partial charge in [-0.15, -0.1) is 0 Å². The molecule has 0 aliphatic carbocycles. The molecule has 2 aromatic heterocycles. The first kappa shape index (κ1) is 18.1. The summed E-state index contributed by atoms with van der Waals surface area (Å²) in [6, 6.07) is 11.2. The molecule has 1 aliphatic rings. The summed E-state index contributed by atoms with van der Waals surface area (Å²) in [5, 5.41) is 7.85. The van der Waals surface area contributed by atoms with E-state index >= 15 is 0 Å². The van der Waals surface area contributed by atoms with E-state index in [2.05, 4.69) is 10.4 Å². The van der Waals surface area contributed by atoms with E-state index in [4.69, 9.17) is 15.9 Å². The molecule has 0 atom stereocenters. The van der Waals surface area contributed by atoms with Crippen LogP contribution < -0.4 is 16.8 Å². The van der Waals surface area contributed by atoms with Gasteiger partial charge in [-0.1, -0.05) is 18.2 Å². The van der Waals surface area contributed by atoms with Crippen molar-refractivity contribution in [2.45, 2.75) is 18.9 Å². The van der Waals surface area contributed by atoms with E-state index in [1.54, 1.807) is 30.5 Å². The maximum Gasteiger partial charge on any atom is 0.249 e. The molecule has 7 nitrogen and oxygen atoms in total. The number of nitrogen functional groups attached to an aromatic ring is 1. The minimum absolute atomic E-state index is 0.310. The third-order valence-electron chi connectivity index (χ3n) is 5.00. The highest BCUT2D eigenvalue weighted by Gasteiger charge is 2.17. The molecule has 1 aliphatic heterocycles. The predicted molar refractivity (Wildman–Crippen MR) is 109 cm³/mol. The van der Waals surface area contributed by atoms with Crippen LogP contribution >= 0.6 is 0 Å². The number of furan rings is 1. The Morgan fingerprint density at radius 2 is 2.00 bits per heavy atom. The second-order valence-corrected chi connectivity index (χ2v) is 6.90. The number of carbonyl (C=O) groups excluding carboxylic acids is 1. The molecule has 1 fully saturated rings. The van der Waals surface area contributed by atoms with Crippen LogP contribution in [-0.2, 0) is 4.79 Å². The number of benzene rings is 1. The zero-order valence-electron chi connectivity index (χ0n) is 15.5. The summed E-state index contributed by atoms with van der Waals surface area (Å²) < 4.78 is 7.93. The fourth-order valence-electron chi connectivity index (χ4n) is 3.49. The van der Waals surface area contributed by atoms with Crippen LogP contribution in [0.25, 0.3) is 23.0 Å². The second kappa shape index (κ2) is 7.74. The molecule has 0 bridgehead atoms. The van der Waals surface area contributed by atoms with Crippen LogP contribution in [0.4, 0.5) is 5.69 Å². The van der Waals surface area contributed by atoms with Crippen LogP contribution in [0.15, 0.2) is 53.2 Å². The van der Waals surface area contributed by atoms with Crippen molar-refractivity contribution < 1.29 is 9.21 Å². The molecule has 1 aromatic carbocycles. The number of anilines is 1. The highest BCUT2D eigenvalue weighted by molar-refractivity contribution is 6.24. The number of nitrogens with one attached hydrogen (secondary N) is 1. The Balaban J connectivity index is 1.60. The number of carbonyl (C=O) groups is 1. The summed E-state index contributed by atoms with van der Waals surface area (Å²) >= 11 is 0. The van der Waals surface area contributed by atoms with Gasteiger partial charge in [0.05, 0.1) is 23.4 Å². The van der Waals surface area contributed by atoms with Crippen molar-refractivity contribution in [2.75, 3.05) is 18.8 Å². The number of nitrogens with zero attached hydrogens (tertiary/aromatic N) is 2. The standard InChI is InChI=1S/C21H23N5O2/c22-19-4-2-1-3-17(19)18(21(23)27)11-16-5-6-20(28-16)14-12-25-26(13-14)15-7-9-24-10-8-15/h1-6,11-13,15,24H,7-10,22H2,(H2,23,27). The normalized spacial score (nSPS) is 15.6. The molecule has 0 spiro atoms. The summed E-state index contributed by atoms with van der Waals surface area (Å²) in [6.07, 6.45) is 7.56. The van der Waals surface area contributed by atoms with Crippen molar-refractivity contribution in [3.8, 4) is 11.3 Å². The van der Waals surface area contributed by atoms with E-state index < -0.39 is 5.91 Å². The summed E-state index contributed by atoms with van der Waals surface area (Å²) in [5.74, 6) is 0.660. The van der Waals surface area contributed by atoms with Crippen molar-refractivity contribution in [1.29, 1.82) is 0 Å². The van der Waals surface area contributed by atoms with Gasteiger partial charge >= 0.3 is 0 Å². The monoisotopic (exact) mass is 377 g/mol. The average molecular weight is 377 g/mol. The van der Waals surface area contributed by atoms with Gasteiger partial charge in [0.25, 0.3) is 0 Å². The van der Waals surface area contributed by atoms with E-state index in [9.17, 15) is 4.79 Å². The van der Waals surface area contributed by atoms with Crippen molar-refractivity contribution in [3.63, 3.8) is 0 Å². The van der Waals surface area contributed by atoms with E-state index in [1.165, 1.54) is 0 Å². The number of nitrogens with two attached hydrogens (primary N) is 2. The van der Waals surface area contributed by atoms with Gasteiger partial charge in [-0.2, -0.15) is 5.10 Å². The summed E-state index contributed by atoms with van der Waals surface area (Å²) in [4.78, 5) is 11.9. The van der Waals surface area contributed by atoms with Gasteiger partial charge in [-0.05, 0) is 50.2 Å². The van der Waals surface area contributed by atoms with Gasteiger partial charge in [-0.3, -0.25) is 9.48 Å². The number of para-hydroxylation sites is 1. The minimum atomic E-state index is -0.561. The molecule has 0 unspecified atom stereocenters. The Morgan fingerprint density at radius 3 is 2.75 bits per heavy atom. The maximum atomic E-state index is 11.9. The largest absolute Gasteiger partial charge is 0.457 e. The lowest BCUT2D eigenvalue weighted by Gasteiger charge is -2.22. The fourth-order valence-corrected chi connectivity index (χ4v) is 3.49. The highest BCUT2D eigenvalue weighted by Crippen LogP contribution is 2.28. The lowest BCUT2D eigenvalue weighted by Crippen LogP contribution is -2.29. The van der Waals surface area contributed by atoms with E-state index in [0.717, 1.165) is 31.5 Å². The topological polar surface area (TPSA) is 112 Å². The van der Waals surface area contributed by atoms with Crippen LogP contribution in [0.1, 0.15) is 30.2 Å². The SMILES string of the molecule is NC(=O)C(=Cc1ccc(-c2cnn(C3CCNCC3)c2)o1)c1ccccc1N. The van der Waals surface area contributed by atoms with E-state index in [1.807, 2.05) is 29.1 Å². The molecule has 3 heterocycles. The van der Waals surface area contributed by atoms with Crippen LogP contribution in [0.3, 0.4) is 0 Å². The van der Waals surface area contributed by atoms with Crippen molar-refractivity contribution in [3.05, 3.63) is 60.1 Å². The minimum Gasteiger partial charge on any atom is -0.457 e. The first-order valence-corrected chi connectivity index (χ1v) is 9.33. The zero-order valence-corrected chi connectivity index (χ0v) is 15.5. The summed E-state index contributed by atoms with van der Waals surface area (Å²) in [7, 11) is 0. The zero-order chi connectivity index (χ0) is 19.5. The van der Waals surface area contributed by atoms with Crippen LogP contribution in [0, 0.1) is 0 Å². The Labute approximate surface area is 163 Å². The summed E-state index contributed by atoms with van der Waals surface area (Å²) in [6.45, 7) is 2.02. The molecule has 0 radical (unpaired) electrons. The number of rotatable bonds is 5. The van der Waals surface area contributed by atoms with Gasteiger partial charge in [0, 0.05) is 17.4 Å². The highest BCUT2D eigenvalue weighted by atomic mass is 16.3. The van der Waals surface area contributed by atoms with Crippen LogP contribution in [0.5, 0.6) is 0 Å². The maximum absolute atomic E-state index is 11.9. The van der Waals surface area contributed by atoms with Gasteiger partial charge in [0.2, 0.25) is 5.91 Å². The quantitative estimate of drug-likeness (QED) is 0.467. The molecule has 1 saturated heterocycles. The number of primary amides is 1. The molecule has 5 N–H and O–H groups in total. The van der Waals surface area contributed by atoms with Gasteiger partial charge in [0.15, 0.2) is 0 Å². The first-order valence-electron chi connectivity index (χ1n) is 9.33. The van der Waals surface area contributed by atoms with Gasteiger partial charge < -0.3 is 21.2 Å². The first-order chi connectivity index (χ1) is 13.6. The Morgan fingerprint density at radius 1 is 1.21 bits per heavy atom. The van der Waals surface area contributed by atoms with Crippen molar-refractivity contribution >= 4 is 23.2 Å². The number of amides is 1. The Kier molecular flexibility index (Phi) is 4.99. The molecule has 7 heteroatoms. The number of hydrogen-bond acceptors (Lipinski definition) is 5. The molecule has 4 rings (SSSR count). The lowest BCUT2D eigenvalue weighted by molar-refractivity contribution is -0.112. The third kappa shape index (κ3) is 3.70. The molecular weight excluding hydrogens is 354 g/mol. The molecule has 28 heavy (non-hydrogen) atoms. The smallest absolute Gasteiger partial charge is 0.249 e. The molecular formula is C21H23N5O2. The molecule has 3 aromatic rings. The molecule has 0 saturated carbocycles. The predicted octanol–water partition coefficient (Wildman–Crippen LogP) is 2.68. The van der Waals surface area contributed by atoms with Crippen molar-refractivity contribution in [2.24, 2.45) is 5.73 Å². The second-order valence-electron chi connectivity index (χ2n) is 6.90. The van der Waals surface area contributed by atoms with Crippen molar-refractivity contribution in [1.82, 2.24) is 15.1 Å². The van der Waals surface area contributed by atoms with Gasteiger partial charge in [-0.25, -0.2) is 0 Å². The van der Waals surface area contributed by atoms with Crippen LogP contribution in [0.2, 0.25) is 0 Å². The fraction of sp³-hybridized carbons (Fsp3) is 0.238. The van der Waals surface area contributed by atoms with Gasteiger partial charge in [0.1, 0.15) is 11.5 Å². The lowest BCUT2D eigenvalue weighted by atomic mass is 10.0. The number of aromatic nitrogens is 2. The van der Waals surface area contributed by atoms with E-state index in [0.29, 0.717) is 34.4 Å².